The van der Waals surface area contributed by atoms with Gasteiger partial charge >= 0.3 is 7.12 Å². The molecule has 286 valence electrons. The minimum Gasteiger partial charge on any atom is -0.399 e. The van der Waals surface area contributed by atoms with E-state index in [9.17, 15) is 0 Å². The Morgan fingerprint density at radius 1 is 0.508 bits per heavy atom. The third-order valence-electron chi connectivity index (χ3n) is 13.6. The lowest BCUT2D eigenvalue weighted by Crippen LogP contribution is -2.41. The maximum Gasteiger partial charge on any atom is 0.494 e. The SMILES string of the molecule is CC1(C)OB(c2cccc(-c3cccc(N(c4ccc(C5=CC=CCC5)cc4)c4cccc5c4-c4ccccc4C54c5ccccc5-c5ccccc54)c3)c2)OC1(C)C. The Hall–Kier alpha value is -6.20. The van der Waals surface area contributed by atoms with Crippen molar-refractivity contribution in [1.29, 1.82) is 0 Å². The van der Waals surface area contributed by atoms with Gasteiger partial charge in [0.05, 0.1) is 22.3 Å². The molecule has 0 saturated carbocycles. The third-order valence-corrected chi connectivity index (χ3v) is 13.6. The number of fused-ring (bicyclic) bond motifs is 10. The molecule has 1 spiro atoms. The summed E-state index contributed by atoms with van der Waals surface area (Å²) in [6.07, 6.45) is 8.83. The Morgan fingerprint density at radius 2 is 1.08 bits per heavy atom. The quantitative estimate of drug-likeness (QED) is 0.157. The number of anilines is 3. The molecule has 1 saturated heterocycles. The molecule has 11 rings (SSSR count). The Kier molecular flexibility index (Phi) is 8.17. The number of hydrogen-bond donors (Lipinski definition) is 0. The third kappa shape index (κ3) is 5.43. The van der Waals surface area contributed by atoms with Crippen LogP contribution in [0.3, 0.4) is 0 Å². The lowest BCUT2D eigenvalue weighted by Gasteiger charge is -2.32. The summed E-state index contributed by atoms with van der Waals surface area (Å²) in [6, 6.07) is 60.9. The van der Waals surface area contributed by atoms with Gasteiger partial charge in [-0.15, -0.1) is 0 Å². The van der Waals surface area contributed by atoms with Crippen LogP contribution in [0.4, 0.5) is 17.1 Å². The van der Waals surface area contributed by atoms with Crippen LogP contribution in [0.25, 0.3) is 39.0 Å². The molecule has 0 atom stereocenters. The van der Waals surface area contributed by atoms with E-state index in [4.69, 9.17) is 9.31 Å². The highest BCUT2D eigenvalue weighted by atomic mass is 16.7. The molecule has 3 nitrogen and oxygen atoms in total. The van der Waals surface area contributed by atoms with Crippen molar-refractivity contribution in [1.82, 2.24) is 0 Å². The van der Waals surface area contributed by atoms with Crippen LogP contribution < -0.4 is 10.4 Å². The topological polar surface area (TPSA) is 21.7 Å². The predicted octanol–water partition coefficient (Wildman–Crippen LogP) is 13.2. The van der Waals surface area contributed by atoms with E-state index in [1.54, 1.807) is 0 Å². The van der Waals surface area contributed by atoms with Crippen molar-refractivity contribution in [2.45, 2.75) is 57.2 Å². The second-order valence-corrected chi connectivity index (χ2v) is 17.4. The highest BCUT2D eigenvalue weighted by Gasteiger charge is 2.53. The number of hydrogen-bond acceptors (Lipinski definition) is 3. The highest BCUT2D eigenvalue weighted by molar-refractivity contribution is 6.62. The van der Waals surface area contributed by atoms with Gasteiger partial charge in [-0.2, -0.15) is 0 Å². The van der Waals surface area contributed by atoms with Crippen LogP contribution >= 0.6 is 0 Å². The van der Waals surface area contributed by atoms with Gasteiger partial charge in [0.2, 0.25) is 0 Å². The second kappa shape index (κ2) is 13.4. The summed E-state index contributed by atoms with van der Waals surface area (Å²) in [5, 5.41) is 0. The predicted molar refractivity (Wildman–Crippen MR) is 245 cm³/mol. The van der Waals surface area contributed by atoms with E-state index < -0.39 is 23.7 Å². The molecule has 0 aromatic heterocycles. The number of nitrogens with zero attached hydrogens (tertiary/aromatic N) is 1. The van der Waals surface area contributed by atoms with Crippen LogP contribution in [-0.2, 0) is 14.7 Å². The van der Waals surface area contributed by atoms with Crippen LogP contribution in [0.1, 0.15) is 68.4 Å². The Morgan fingerprint density at radius 3 is 1.75 bits per heavy atom. The smallest absolute Gasteiger partial charge is 0.399 e. The van der Waals surface area contributed by atoms with Crippen molar-refractivity contribution in [2.75, 3.05) is 4.90 Å². The second-order valence-electron chi connectivity index (χ2n) is 17.4. The molecule has 59 heavy (non-hydrogen) atoms. The Bertz CT molecular complexity index is 2800. The molecule has 0 radical (unpaired) electrons. The molecule has 1 heterocycles. The summed E-state index contributed by atoms with van der Waals surface area (Å²) in [5.74, 6) is 0. The first kappa shape index (κ1) is 35.9. The van der Waals surface area contributed by atoms with E-state index >= 15 is 0 Å². The van der Waals surface area contributed by atoms with E-state index in [-0.39, 0.29) is 0 Å². The fourth-order valence-electron chi connectivity index (χ4n) is 10.1. The summed E-state index contributed by atoms with van der Waals surface area (Å²) in [7, 11) is -0.432. The molecular formula is C55H46BNO2. The normalized spacial score (nSPS) is 17.3. The van der Waals surface area contributed by atoms with Gasteiger partial charge in [-0.25, -0.2) is 0 Å². The van der Waals surface area contributed by atoms with E-state index in [2.05, 4.69) is 215 Å². The van der Waals surface area contributed by atoms with Gasteiger partial charge in [0.15, 0.2) is 0 Å². The molecule has 0 bridgehead atoms. The van der Waals surface area contributed by atoms with Crippen LogP contribution in [0.2, 0.25) is 0 Å². The standard InChI is InChI=1S/C55H46BNO2/c1-53(2)54(3,4)59-56(58-53)41-21-14-19-39(35-41)40-20-15-22-43(36-40)57(42-33-31-38(32-34-42)37-17-6-5-7-18-37)51-30-16-29-50-52(51)46-25-10-13-28-49(46)55(50)47-26-11-8-23-44(47)45-24-9-12-27-48(45)55/h5-6,8-17,19-36H,7,18H2,1-4H3. The van der Waals surface area contributed by atoms with E-state index in [1.807, 2.05) is 0 Å². The molecule has 1 fully saturated rings. The zero-order valence-electron chi connectivity index (χ0n) is 34.1. The lowest BCUT2D eigenvalue weighted by atomic mass is 9.70. The molecule has 0 unspecified atom stereocenters. The minimum atomic E-state index is -0.432. The number of allylic oxidation sites excluding steroid dienone is 4. The zero-order chi connectivity index (χ0) is 39.9. The average molecular weight is 764 g/mol. The average Bonchev–Trinajstić information content (AvgIpc) is 3.83. The molecule has 3 aliphatic carbocycles. The maximum absolute atomic E-state index is 6.49. The van der Waals surface area contributed by atoms with Gasteiger partial charge in [-0.3, -0.25) is 0 Å². The fraction of sp³-hybridized carbons (Fsp3) is 0.164. The Balaban J connectivity index is 1.10. The van der Waals surface area contributed by atoms with Crippen molar-refractivity contribution in [3.05, 3.63) is 210 Å². The minimum absolute atomic E-state index is 0.413. The van der Waals surface area contributed by atoms with Crippen molar-refractivity contribution >= 4 is 35.2 Å². The van der Waals surface area contributed by atoms with E-state index in [0.29, 0.717) is 0 Å². The van der Waals surface area contributed by atoms with Gasteiger partial charge in [0.25, 0.3) is 0 Å². The van der Waals surface area contributed by atoms with Crippen molar-refractivity contribution in [3.63, 3.8) is 0 Å². The van der Waals surface area contributed by atoms with Crippen LogP contribution in [0.15, 0.2) is 182 Å². The summed E-state index contributed by atoms with van der Waals surface area (Å²) in [5.41, 5.74) is 18.5. The monoisotopic (exact) mass is 763 g/mol. The zero-order valence-corrected chi connectivity index (χ0v) is 34.1. The molecule has 7 aromatic rings. The van der Waals surface area contributed by atoms with Crippen LogP contribution in [-0.4, -0.2) is 18.3 Å². The summed E-state index contributed by atoms with van der Waals surface area (Å²) in [6.45, 7) is 8.43. The summed E-state index contributed by atoms with van der Waals surface area (Å²) < 4.78 is 13.0. The van der Waals surface area contributed by atoms with E-state index in [1.165, 1.54) is 55.6 Å². The Labute approximate surface area is 348 Å². The van der Waals surface area contributed by atoms with Crippen LogP contribution in [0, 0.1) is 0 Å². The first-order valence-corrected chi connectivity index (χ1v) is 21.0. The molecule has 0 amide bonds. The fourth-order valence-corrected chi connectivity index (χ4v) is 10.1. The molecule has 7 aromatic carbocycles. The highest BCUT2D eigenvalue weighted by Crippen LogP contribution is 2.64. The van der Waals surface area contributed by atoms with Gasteiger partial charge in [-0.1, -0.05) is 152 Å². The lowest BCUT2D eigenvalue weighted by molar-refractivity contribution is 0.00578. The molecule has 4 heteroatoms. The maximum atomic E-state index is 6.49. The molecule has 1 aliphatic heterocycles. The van der Waals surface area contributed by atoms with Gasteiger partial charge in [0, 0.05) is 16.9 Å². The number of benzene rings is 7. The van der Waals surface area contributed by atoms with Crippen molar-refractivity contribution in [3.8, 4) is 33.4 Å². The summed E-state index contributed by atoms with van der Waals surface area (Å²) in [4.78, 5) is 2.47. The van der Waals surface area contributed by atoms with Gasteiger partial charge in [-0.05, 0) is 138 Å². The largest absolute Gasteiger partial charge is 0.494 e. The van der Waals surface area contributed by atoms with E-state index in [0.717, 1.165) is 46.5 Å². The molecular weight excluding hydrogens is 717 g/mol. The van der Waals surface area contributed by atoms with Gasteiger partial charge < -0.3 is 14.2 Å². The van der Waals surface area contributed by atoms with Crippen molar-refractivity contribution in [2.24, 2.45) is 0 Å². The molecule has 4 aliphatic rings. The first-order valence-electron chi connectivity index (χ1n) is 21.0. The van der Waals surface area contributed by atoms with Crippen molar-refractivity contribution < 1.29 is 9.31 Å². The van der Waals surface area contributed by atoms with Gasteiger partial charge in [0.1, 0.15) is 0 Å². The number of rotatable bonds is 6. The summed E-state index contributed by atoms with van der Waals surface area (Å²) >= 11 is 0. The van der Waals surface area contributed by atoms with Crippen LogP contribution in [0.5, 0.6) is 0 Å². The first-order chi connectivity index (χ1) is 28.7. The molecule has 0 N–H and O–H groups in total.